The molecule has 11 nitrogen and oxygen atoms in total. The number of rotatable bonds is 9. The second-order valence-corrected chi connectivity index (χ2v) is 8.23. The van der Waals surface area contributed by atoms with E-state index in [4.69, 9.17) is 9.47 Å². The van der Waals surface area contributed by atoms with Crippen molar-refractivity contribution in [2.45, 2.75) is 77.0 Å². The number of aliphatic carboxylic acids is 2. The van der Waals surface area contributed by atoms with Crippen LogP contribution in [0.1, 0.15) is 64.7 Å². The standard InChI is InChI=1S/C20H29NO10/c1-2-5-16(30-19(26)14-7-4-3-6-12(14)17(22)23)31-20(27)15-10-11(21(28)29)8-9-13(15)18(24)25/h11-16H,2-10H2,1H3,(H,22,23)(H,24,25). The Morgan fingerprint density at radius 1 is 0.903 bits per heavy atom. The van der Waals surface area contributed by atoms with E-state index in [0.29, 0.717) is 32.1 Å². The van der Waals surface area contributed by atoms with Crippen LogP contribution in [0.25, 0.3) is 0 Å². The average molecular weight is 443 g/mol. The minimum absolute atomic E-state index is 0.0264. The molecule has 0 amide bonds. The lowest BCUT2D eigenvalue weighted by Crippen LogP contribution is -2.42. The smallest absolute Gasteiger partial charge is 0.313 e. The molecule has 2 aliphatic carbocycles. The zero-order valence-electron chi connectivity index (χ0n) is 17.4. The van der Waals surface area contributed by atoms with Gasteiger partial charge in [-0.3, -0.25) is 29.3 Å². The van der Waals surface area contributed by atoms with Gasteiger partial charge in [-0.15, -0.1) is 0 Å². The summed E-state index contributed by atoms with van der Waals surface area (Å²) in [6.45, 7) is 1.76. The largest absolute Gasteiger partial charge is 0.481 e. The fourth-order valence-electron chi connectivity index (χ4n) is 4.42. The monoisotopic (exact) mass is 443 g/mol. The first-order valence-electron chi connectivity index (χ1n) is 10.7. The zero-order chi connectivity index (χ0) is 23.1. The Bertz CT molecular complexity index is 708. The van der Waals surface area contributed by atoms with Gasteiger partial charge in [0.2, 0.25) is 12.3 Å². The second kappa shape index (κ2) is 11.1. The van der Waals surface area contributed by atoms with E-state index in [1.807, 2.05) is 0 Å². The quantitative estimate of drug-likeness (QED) is 0.233. The van der Waals surface area contributed by atoms with Gasteiger partial charge in [0.1, 0.15) is 0 Å². The van der Waals surface area contributed by atoms with Crippen LogP contribution in [0.5, 0.6) is 0 Å². The predicted molar refractivity (Wildman–Crippen MR) is 103 cm³/mol. The van der Waals surface area contributed by atoms with E-state index in [-0.39, 0.29) is 25.7 Å². The molecule has 2 aliphatic rings. The van der Waals surface area contributed by atoms with Crippen molar-refractivity contribution >= 4 is 23.9 Å². The number of carboxylic acids is 2. The van der Waals surface area contributed by atoms with Crippen LogP contribution < -0.4 is 0 Å². The van der Waals surface area contributed by atoms with Crippen LogP contribution in [0, 0.1) is 33.8 Å². The van der Waals surface area contributed by atoms with Crippen molar-refractivity contribution in [2.75, 3.05) is 0 Å². The van der Waals surface area contributed by atoms with Crippen molar-refractivity contribution in [1.29, 1.82) is 0 Å². The lowest BCUT2D eigenvalue weighted by Gasteiger charge is -2.31. The average Bonchev–Trinajstić information content (AvgIpc) is 2.73. The van der Waals surface area contributed by atoms with Gasteiger partial charge in [-0.1, -0.05) is 19.8 Å². The summed E-state index contributed by atoms with van der Waals surface area (Å²) in [5, 5.41) is 29.9. The molecule has 2 saturated carbocycles. The first kappa shape index (κ1) is 24.5. The third-order valence-corrected chi connectivity index (χ3v) is 6.15. The van der Waals surface area contributed by atoms with E-state index in [1.165, 1.54) is 0 Å². The second-order valence-electron chi connectivity index (χ2n) is 8.23. The predicted octanol–water partition coefficient (Wildman–Crippen LogP) is 2.24. The van der Waals surface area contributed by atoms with E-state index >= 15 is 0 Å². The summed E-state index contributed by atoms with van der Waals surface area (Å²) < 4.78 is 10.6. The minimum Gasteiger partial charge on any atom is -0.481 e. The van der Waals surface area contributed by atoms with E-state index < -0.39 is 64.8 Å². The molecule has 2 rings (SSSR count). The van der Waals surface area contributed by atoms with Gasteiger partial charge >= 0.3 is 23.9 Å². The molecule has 174 valence electrons. The number of ether oxygens (including phenoxy) is 2. The molecule has 2 N–H and O–H groups in total. The molecule has 0 aromatic heterocycles. The van der Waals surface area contributed by atoms with Gasteiger partial charge in [0.05, 0.1) is 23.7 Å². The lowest BCUT2D eigenvalue weighted by molar-refractivity contribution is -0.528. The molecule has 0 bridgehead atoms. The van der Waals surface area contributed by atoms with Crippen LogP contribution in [-0.2, 0) is 28.7 Å². The first-order valence-corrected chi connectivity index (χ1v) is 10.7. The highest BCUT2D eigenvalue weighted by Crippen LogP contribution is 2.34. The van der Waals surface area contributed by atoms with Gasteiger partial charge in [0.15, 0.2) is 0 Å². The van der Waals surface area contributed by atoms with E-state index in [0.717, 1.165) is 0 Å². The Kier molecular flexibility index (Phi) is 8.76. The van der Waals surface area contributed by atoms with Crippen molar-refractivity contribution in [3.8, 4) is 0 Å². The molecule has 0 saturated heterocycles. The summed E-state index contributed by atoms with van der Waals surface area (Å²) in [7, 11) is 0. The highest BCUT2D eigenvalue weighted by atomic mass is 16.7. The lowest BCUT2D eigenvalue weighted by atomic mass is 9.77. The van der Waals surface area contributed by atoms with Crippen LogP contribution in [0.4, 0.5) is 0 Å². The molecule has 0 aromatic carbocycles. The summed E-state index contributed by atoms with van der Waals surface area (Å²) in [5.74, 6) is -8.08. The number of carbonyl (C=O) groups is 4. The summed E-state index contributed by atoms with van der Waals surface area (Å²) in [6, 6.07) is -1.04. The van der Waals surface area contributed by atoms with Crippen LogP contribution >= 0.6 is 0 Å². The molecule has 6 unspecified atom stereocenters. The Labute approximate surface area is 179 Å². The Balaban J connectivity index is 2.08. The van der Waals surface area contributed by atoms with Crippen LogP contribution in [-0.4, -0.2) is 51.3 Å². The maximum Gasteiger partial charge on any atom is 0.313 e. The molecule has 0 radical (unpaired) electrons. The summed E-state index contributed by atoms with van der Waals surface area (Å²) >= 11 is 0. The highest BCUT2D eigenvalue weighted by molar-refractivity contribution is 5.82. The summed E-state index contributed by atoms with van der Waals surface area (Å²) in [4.78, 5) is 58.9. The molecule has 6 atom stereocenters. The van der Waals surface area contributed by atoms with Gasteiger partial charge in [-0.2, -0.15) is 0 Å². The number of carboxylic acid groups (broad SMARTS) is 2. The molecule has 0 aliphatic heterocycles. The fourth-order valence-corrected chi connectivity index (χ4v) is 4.42. The van der Waals surface area contributed by atoms with Crippen LogP contribution in [0.15, 0.2) is 0 Å². The molecule has 0 spiro atoms. The zero-order valence-corrected chi connectivity index (χ0v) is 17.4. The molecule has 0 aromatic rings. The molecule has 2 fully saturated rings. The number of nitro groups is 1. The van der Waals surface area contributed by atoms with Gasteiger partial charge in [0, 0.05) is 24.2 Å². The van der Waals surface area contributed by atoms with E-state index in [9.17, 15) is 39.5 Å². The van der Waals surface area contributed by atoms with Gasteiger partial charge in [0.25, 0.3) is 0 Å². The van der Waals surface area contributed by atoms with Crippen molar-refractivity contribution in [3.63, 3.8) is 0 Å². The summed E-state index contributed by atoms with van der Waals surface area (Å²) in [6.07, 6.45) is 1.19. The minimum atomic E-state index is -1.30. The van der Waals surface area contributed by atoms with E-state index in [1.54, 1.807) is 6.92 Å². The topological polar surface area (TPSA) is 170 Å². The molecule has 31 heavy (non-hydrogen) atoms. The van der Waals surface area contributed by atoms with Gasteiger partial charge in [-0.05, 0) is 25.7 Å². The molecular weight excluding hydrogens is 414 g/mol. The number of nitrogens with zero attached hydrogens (tertiary/aromatic N) is 1. The van der Waals surface area contributed by atoms with E-state index in [2.05, 4.69) is 0 Å². The van der Waals surface area contributed by atoms with Crippen LogP contribution in [0.3, 0.4) is 0 Å². The molecule has 0 heterocycles. The maximum absolute atomic E-state index is 12.7. The third-order valence-electron chi connectivity index (χ3n) is 6.15. The summed E-state index contributed by atoms with van der Waals surface area (Å²) in [5.41, 5.74) is 0. The first-order chi connectivity index (χ1) is 14.6. The number of esters is 2. The van der Waals surface area contributed by atoms with Crippen molar-refractivity contribution < 1.29 is 43.8 Å². The van der Waals surface area contributed by atoms with Crippen molar-refractivity contribution in [2.24, 2.45) is 23.7 Å². The highest BCUT2D eigenvalue weighted by Gasteiger charge is 2.45. The van der Waals surface area contributed by atoms with Gasteiger partial charge < -0.3 is 19.7 Å². The van der Waals surface area contributed by atoms with Gasteiger partial charge in [-0.25, -0.2) is 0 Å². The Hall–Kier alpha value is -2.72. The SMILES string of the molecule is CCCC(OC(=O)C1CCCCC1C(=O)O)OC(=O)C1CC([N+](=O)[O-])CCC1C(=O)O. The fraction of sp³-hybridized carbons (Fsp3) is 0.800. The number of hydrogen-bond donors (Lipinski definition) is 2. The normalized spacial score (nSPS) is 29.4. The van der Waals surface area contributed by atoms with Crippen LogP contribution in [0.2, 0.25) is 0 Å². The third kappa shape index (κ3) is 6.38. The number of hydrogen-bond acceptors (Lipinski definition) is 8. The number of carbonyl (C=O) groups excluding carboxylic acids is 2. The molecule has 11 heteroatoms. The maximum atomic E-state index is 12.7. The van der Waals surface area contributed by atoms with Crippen molar-refractivity contribution in [3.05, 3.63) is 10.1 Å². The Morgan fingerprint density at radius 3 is 1.94 bits per heavy atom. The van der Waals surface area contributed by atoms with Crippen molar-refractivity contribution in [1.82, 2.24) is 0 Å². The Morgan fingerprint density at radius 2 is 1.42 bits per heavy atom. The molecular formula is C20H29NO10.